The van der Waals surface area contributed by atoms with Crippen LogP contribution >= 0.6 is 11.3 Å². The Morgan fingerprint density at radius 2 is 1.68 bits per heavy atom. The van der Waals surface area contributed by atoms with Crippen LogP contribution in [0.4, 0.5) is 13.2 Å². The standard InChI is InChI=1S/C25H24F3NO4S/c1-14-12-19(13-15(2)23(14)17-4-6-18(7-5-17)25(26,27)28)33-16(3)20-8-9-21(34-20)24(32)29-11-10-22(30)31/h4-9,12-13,16H,10-11H2,1-3H3,(H,29,32)(H,30,31)/t16-/m1/s1. The molecular weight excluding hydrogens is 467 g/mol. The molecule has 5 nitrogen and oxygen atoms in total. The molecule has 0 radical (unpaired) electrons. The Balaban J connectivity index is 1.71. The maximum Gasteiger partial charge on any atom is 0.416 e. The molecular formula is C25H24F3NO4S. The van der Waals surface area contributed by atoms with Gasteiger partial charge in [-0.15, -0.1) is 11.3 Å². The molecule has 34 heavy (non-hydrogen) atoms. The Bertz CT molecular complexity index is 1160. The molecule has 1 heterocycles. The summed E-state index contributed by atoms with van der Waals surface area (Å²) in [6, 6.07) is 12.2. The molecule has 9 heteroatoms. The van der Waals surface area contributed by atoms with Crippen molar-refractivity contribution in [3.8, 4) is 16.9 Å². The summed E-state index contributed by atoms with van der Waals surface area (Å²) >= 11 is 1.26. The summed E-state index contributed by atoms with van der Waals surface area (Å²) in [5, 5.41) is 11.2. The predicted molar refractivity (Wildman–Crippen MR) is 124 cm³/mol. The lowest BCUT2D eigenvalue weighted by Gasteiger charge is -2.17. The van der Waals surface area contributed by atoms with Gasteiger partial charge in [0.15, 0.2) is 0 Å². The van der Waals surface area contributed by atoms with Crippen molar-refractivity contribution in [2.75, 3.05) is 6.54 Å². The number of hydrogen-bond donors (Lipinski definition) is 2. The number of thiophene rings is 1. The Kier molecular flexibility index (Phi) is 7.66. The molecule has 0 saturated heterocycles. The summed E-state index contributed by atoms with van der Waals surface area (Å²) in [4.78, 5) is 24.0. The van der Waals surface area contributed by atoms with Gasteiger partial charge in [0.05, 0.1) is 16.9 Å². The highest BCUT2D eigenvalue weighted by atomic mass is 32.1. The van der Waals surface area contributed by atoms with Crippen molar-refractivity contribution in [3.63, 3.8) is 0 Å². The number of amides is 1. The van der Waals surface area contributed by atoms with E-state index in [9.17, 15) is 22.8 Å². The van der Waals surface area contributed by atoms with E-state index in [-0.39, 0.29) is 25.0 Å². The number of carbonyl (C=O) groups is 2. The number of nitrogens with one attached hydrogen (secondary N) is 1. The van der Waals surface area contributed by atoms with E-state index < -0.39 is 17.7 Å². The van der Waals surface area contributed by atoms with E-state index in [1.165, 1.54) is 23.5 Å². The first kappa shape index (κ1) is 25.3. The Morgan fingerprint density at radius 3 is 2.24 bits per heavy atom. The van der Waals surface area contributed by atoms with Crippen molar-refractivity contribution >= 4 is 23.2 Å². The first-order valence-electron chi connectivity index (χ1n) is 10.5. The fourth-order valence-electron chi connectivity index (χ4n) is 3.60. The molecule has 180 valence electrons. The molecule has 0 spiro atoms. The van der Waals surface area contributed by atoms with E-state index in [1.54, 1.807) is 12.1 Å². The SMILES string of the molecule is Cc1cc(O[C@H](C)c2ccc(C(=O)NCCC(=O)O)s2)cc(C)c1-c1ccc(C(F)(F)F)cc1. The van der Waals surface area contributed by atoms with Crippen LogP contribution in [0.1, 0.15) is 50.7 Å². The highest BCUT2D eigenvalue weighted by molar-refractivity contribution is 7.14. The number of alkyl halides is 3. The highest BCUT2D eigenvalue weighted by Gasteiger charge is 2.30. The van der Waals surface area contributed by atoms with Gasteiger partial charge in [-0.2, -0.15) is 13.2 Å². The highest BCUT2D eigenvalue weighted by Crippen LogP contribution is 2.36. The third-order valence-electron chi connectivity index (χ3n) is 5.20. The largest absolute Gasteiger partial charge is 0.485 e. The summed E-state index contributed by atoms with van der Waals surface area (Å²) in [7, 11) is 0. The second-order valence-electron chi connectivity index (χ2n) is 7.87. The van der Waals surface area contributed by atoms with Crippen LogP contribution in [0.25, 0.3) is 11.1 Å². The molecule has 2 aromatic carbocycles. The fraction of sp³-hybridized carbons (Fsp3) is 0.280. The molecule has 3 rings (SSSR count). The number of rotatable bonds is 8. The minimum Gasteiger partial charge on any atom is -0.485 e. The molecule has 2 N–H and O–H groups in total. The third-order valence-corrected chi connectivity index (χ3v) is 6.44. The van der Waals surface area contributed by atoms with E-state index in [2.05, 4.69) is 5.32 Å². The molecule has 1 amide bonds. The number of carbonyl (C=O) groups excluding carboxylic acids is 1. The lowest BCUT2D eigenvalue weighted by Crippen LogP contribution is -2.25. The topological polar surface area (TPSA) is 75.6 Å². The summed E-state index contributed by atoms with van der Waals surface area (Å²) < 4.78 is 44.7. The van der Waals surface area contributed by atoms with Crippen LogP contribution in [0.2, 0.25) is 0 Å². The van der Waals surface area contributed by atoms with E-state index in [0.717, 1.165) is 33.7 Å². The Morgan fingerprint density at radius 1 is 1.06 bits per heavy atom. The van der Waals surface area contributed by atoms with Crippen LogP contribution in [-0.4, -0.2) is 23.5 Å². The number of aliphatic carboxylic acids is 1. The predicted octanol–water partition coefficient (Wildman–Crippen LogP) is 6.40. The van der Waals surface area contributed by atoms with Crippen LogP contribution in [0.3, 0.4) is 0 Å². The maximum atomic E-state index is 12.9. The lowest BCUT2D eigenvalue weighted by molar-refractivity contribution is -0.138. The van der Waals surface area contributed by atoms with Crippen molar-refractivity contribution in [1.29, 1.82) is 0 Å². The number of ether oxygens (including phenoxy) is 1. The van der Waals surface area contributed by atoms with Gasteiger partial charge in [0, 0.05) is 11.4 Å². The summed E-state index contributed by atoms with van der Waals surface area (Å²) in [5.74, 6) is -0.708. The van der Waals surface area contributed by atoms with Crippen LogP contribution in [0.5, 0.6) is 5.75 Å². The third kappa shape index (κ3) is 6.17. The van der Waals surface area contributed by atoms with E-state index in [1.807, 2.05) is 32.9 Å². The summed E-state index contributed by atoms with van der Waals surface area (Å²) in [5.41, 5.74) is 2.59. The van der Waals surface area contributed by atoms with Gasteiger partial charge in [0.2, 0.25) is 0 Å². The van der Waals surface area contributed by atoms with Crippen LogP contribution in [-0.2, 0) is 11.0 Å². The van der Waals surface area contributed by atoms with Gasteiger partial charge in [-0.1, -0.05) is 12.1 Å². The monoisotopic (exact) mass is 491 g/mol. The minimum absolute atomic E-state index is 0.0529. The van der Waals surface area contributed by atoms with Crippen molar-refractivity contribution in [3.05, 3.63) is 75.0 Å². The zero-order valence-electron chi connectivity index (χ0n) is 18.8. The molecule has 3 aromatic rings. The zero-order chi connectivity index (χ0) is 25.0. The maximum absolute atomic E-state index is 12.9. The van der Waals surface area contributed by atoms with Crippen LogP contribution < -0.4 is 10.1 Å². The second-order valence-corrected chi connectivity index (χ2v) is 8.98. The van der Waals surface area contributed by atoms with Gasteiger partial charge < -0.3 is 15.2 Å². The fourth-order valence-corrected chi connectivity index (χ4v) is 4.50. The van der Waals surface area contributed by atoms with Gasteiger partial charge in [-0.3, -0.25) is 9.59 Å². The van der Waals surface area contributed by atoms with Gasteiger partial charge in [-0.25, -0.2) is 0 Å². The van der Waals surface area contributed by atoms with Crippen molar-refractivity contribution in [2.24, 2.45) is 0 Å². The zero-order valence-corrected chi connectivity index (χ0v) is 19.6. The molecule has 0 saturated carbocycles. The van der Waals surface area contributed by atoms with Crippen LogP contribution in [0, 0.1) is 13.8 Å². The number of carboxylic acids is 1. The van der Waals surface area contributed by atoms with E-state index in [4.69, 9.17) is 9.84 Å². The first-order chi connectivity index (χ1) is 16.0. The molecule has 0 unspecified atom stereocenters. The molecule has 1 aromatic heterocycles. The molecule has 0 fully saturated rings. The normalized spacial score (nSPS) is 12.3. The average molecular weight is 492 g/mol. The summed E-state index contributed by atoms with van der Waals surface area (Å²) in [6.07, 6.45) is -4.87. The molecule has 0 aliphatic heterocycles. The van der Waals surface area contributed by atoms with Gasteiger partial charge >= 0.3 is 12.1 Å². The molecule has 0 aliphatic rings. The number of aryl methyl sites for hydroxylation is 2. The minimum atomic E-state index is -4.38. The van der Waals surface area contributed by atoms with Crippen LogP contribution in [0.15, 0.2) is 48.5 Å². The average Bonchev–Trinajstić information content (AvgIpc) is 3.23. The van der Waals surface area contributed by atoms with Gasteiger partial charge in [0.1, 0.15) is 11.9 Å². The molecule has 1 atom stereocenters. The first-order valence-corrected chi connectivity index (χ1v) is 11.3. The Labute approximate surface area is 199 Å². The second kappa shape index (κ2) is 10.3. The number of benzene rings is 2. The summed E-state index contributed by atoms with van der Waals surface area (Å²) in [6.45, 7) is 5.66. The van der Waals surface area contributed by atoms with Gasteiger partial charge in [0.25, 0.3) is 5.91 Å². The Hall–Kier alpha value is -3.33. The molecule has 0 bridgehead atoms. The van der Waals surface area contributed by atoms with Crippen molar-refractivity contribution < 1.29 is 32.6 Å². The smallest absolute Gasteiger partial charge is 0.416 e. The lowest BCUT2D eigenvalue weighted by atomic mass is 9.94. The van der Waals surface area contributed by atoms with Gasteiger partial charge in [-0.05, 0) is 79.4 Å². The van der Waals surface area contributed by atoms with Crippen molar-refractivity contribution in [2.45, 2.75) is 39.5 Å². The number of hydrogen-bond acceptors (Lipinski definition) is 4. The number of halogens is 3. The van der Waals surface area contributed by atoms with E-state index >= 15 is 0 Å². The molecule has 0 aliphatic carbocycles. The number of carboxylic acid groups (broad SMARTS) is 1. The quantitative estimate of drug-likeness (QED) is 0.383. The van der Waals surface area contributed by atoms with Crippen molar-refractivity contribution in [1.82, 2.24) is 5.32 Å². The van der Waals surface area contributed by atoms with E-state index in [0.29, 0.717) is 16.2 Å².